The number of pyridine rings is 1. The van der Waals surface area contributed by atoms with Crippen LogP contribution in [0.1, 0.15) is 32.4 Å². The molecule has 2 atom stereocenters. The monoisotopic (exact) mass is 431 g/mol. The van der Waals surface area contributed by atoms with E-state index in [1.807, 2.05) is 48.5 Å². The standard InChI is InChI=1S/C22H29N3O4S/c1-16(2)29-22(26)25-14-8-13-20(24-30(3,27)28)21(25)15-18-11-7-12-19(23-18)17-9-5-4-6-10-17/h4-7,9-12,16,20-21,24H,8,13-15H2,1-3H3/t20-,21-/m0/s1. The van der Waals surface area contributed by atoms with E-state index in [0.29, 0.717) is 25.8 Å². The maximum atomic E-state index is 12.7. The molecule has 1 fully saturated rings. The molecule has 1 amide bonds. The zero-order valence-corrected chi connectivity index (χ0v) is 18.4. The highest BCUT2D eigenvalue weighted by atomic mass is 32.2. The molecule has 0 bridgehead atoms. The van der Waals surface area contributed by atoms with Crippen molar-refractivity contribution in [3.63, 3.8) is 0 Å². The van der Waals surface area contributed by atoms with Gasteiger partial charge in [0.2, 0.25) is 10.0 Å². The van der Waals surface area contributed by atoms with Crippen LogP contribution in [0.3, 0.4) is 0 Å². The molecule has 0 spiro atoms. The fraction of sp³-hybridized carbons (Fsp3) is 0.455. The van der Waals surface area contributed by atoms with Gasteiger partial charge in [0.25, 0.3) is 0 Å². The lowest BCUT2D eigenvalue weighted by Gasteiger charge is -2.40. The third-order valence-electron chi connectivity index (χ3n) is 5.01. The van der Waals surface area contributed by atoms with E-state index in [9.17, 15) is 13.2 Å². The summed E-state index contributed by atoms with van der Waals surface area (Å²) >= 11 is 0. The fourth-order valence-electron chi connectivity index (χ4n) is 3.80. The van der Waals surface area contributed by atoms with Crippen molar-refractivity contribution in [2.45, 2.75) is 51.3 Å². The number of nitrogens with zero attached hydrogens (tertiary/aromatic N) is 2. The molecule has 2 aromatic rings. The molecule has 1 aliphatic heterocycles. The molecular weight excluding hydrogens is 402 g/mol. The number of hydrogen-bond acceptors (Lipinski definition) is 5. The van der Waals surface area contributed by atoms with Crippen molar-refractivity contribution in [1.82, 2.24) is 14.6 Å². The van der Waals surface area contributed by atoms with Gasteiger partial charge in [-0.25, -0.2) is 17.9 Å². The quantitative estimate of drug-likeness (QED) is 0.759. The number of rotatable bonds is 6. The number of hydrogen-bond donors (Lipinski definition) is 1. The maximum absolute atomic E-state index is 12.7. The van der Waals surface area contributed by atoms with E-state index in [1.165, 1.54) is 0 Å². The first-order chi connectivity index (χ1) is 14.2. The summed E-state index contributed by atoms with van der Waals surface area (Å²) < 4.78 is 32.0. The Kier molecular flexibility index (Phi) is 7.10. The van der Waals surface area contributed by atoms with E-state index in [1.54, 1.807) is 18.7 Å². The predicted molar refractivity (Wildman–Crippen MR) is 116 cm³/mol. The molecule has 1 aromatic carbocycles. The largest absolute Gasteiger partial charge is 0.447 e. The van der Waals surface area contributed by atoms with Gasteiger partial charge in [0.15, 0.2) is 0 Å². The van der Waals surface area contributed by atoms with Gasteiger partial charge >= 0.3 is 6.09 Å². The minimum atomic E-state index is -3.42. The Morgan fingerprint density at radius 3 is 2.60 bits per heavy atom. The van der Waals surface area contributed by atoms with Crippen molar-refractivity contribution in [3.05, 3.63) is 54.2 Å². The summed E-state index contributed by atoms with van der Waals surface area (Å²) in [7, 11) is -3.42. The van der Waals surface area contributed by atoms with Crippen LogP contribution in [-0.2, 0) is 21.2 Å². The summed E-state index contributed by atoms with van der Waals surface area (Å²) in [5.74, 6) is 0. The molecular formula is C22H29N3O4S. The number of aromatic nitrogens is 1. The summed E-state index contributed by atoms with van der Waals surface area (Å²) in [4.78, 5) is 19.1. The summed E-state index contributed by atoms with van der Waals surface area (Å²) in [6.07, 6.45) is 2.26. The highest BCUT2D eigenvalue weighted by Gasteiger charge is 2.37. The number of piperidine rings is 1. The van der Waals surface area contributed by atoms with Crippen LogP contribution in [0, 0.1) is 0 Å². The molecule has 30 heavy (non-hydrogen) atoms. The van der Waals surface area contributed by atoms with Crippen LogP contribution in [0.25, 0.3) is 11.3 Å². The average Bonchev–Trinajstić information content (AvgIpc) is 2.68. The van der Waals surface area contributed by atoms with E-state index in [0.717, 1.165) is 23.2 Å². The lowest BCUT2D eigenvalue weighted by molar-refractivity contribution is 0.0459. The molecule has 3 rings (SSSR count). The second-order valence-electron chi connectivity index (χ2n) is 7.92. The van der Waals surface area contributed by atoms with Gasteiger partial charge in [-0.05, 0) is 38.8 Å². The van der Waals surface area contributed by atoms with Gasteiger partial charge in [-0.1, -0.05) is 36.4 Å². The van der Waals surface area contributed by atoms with Gasteiger partial charge in [-0.15, -0.1) is 0 Å². The van der Waals surface area contributed by atoms with Crippen molar-refractivity contribution in [2.24, 2.45) is 0 Å². The number of carbonyl (C=O) groups is 1. The topological polar surface area (TPSA) is 88.6 Å². The molecule has 1 aromatic heterocycles. The highest BCUT2D eigenvalue weighted by Crippen LogP contribution is 2.24. The van der Waals surface area contributed by atoms with Gasteiger partial charge in [-0.2, -0.15) is 0 Å². The number of carbonyl (C=O) groups excluding carboxylic acids is 1. The van der Waals surface area contributed by atoms with Gasteiger partial charge in [-0.3, -0.25) is 4.98 Å². The van der Waals surface area contributed by atoms with Crippen LogP contribution >= 0.6 is 0 Å². The highest BCUT2D eigenvalue weighted by molar-refractivity contribution is 7.88. The number of nitrogens with one attached hydrogen (secondary N) is 1. The normalized spacial score (nSPS) is 19.7. The average molecular weight is 432 g/mol. The van der Waals surface area contributed by atoms with E-state index in [-0.39, 0.29) is 12.1 Å². The number of benzene rings is 1. The van der Waals surface area contributed by atoms with Crippen molar-refractivity contribution in [2.75, 3.05) is 12.8 Å². The smallest absolute Gasteiger partial charge is 0.410 e. The van der Waals surface area contributed by atoms with E-state index in [4.69, 9.17) is 9.72 Å². The molecule has 8 heteroatoms. The van der Waals surface area contributed by atoms with Gasteiger partial charge in [0.05, 0.1) is 24.1 Å². The van der Waals surface area contributed by atoms with Crippen LogP contribution in [0.5, 0.6) is 0 Å². The van der Waals surface area contributed by atoms with Crippen LogP contribution in [0.15, 0.2) is 48.5 Å². The fourth-order valence-corrected chi connectivity index (χ4v) is 4.62. The Bertz CT molecular complexity index is 963. The lowest BCUT2D eigenvalue weighted by Crippen LogP contribution is -2.58. The Morgan fingerprint density at radius 1 is 1.20 bits per heavy atom. The molecule has 1 saturated heterocycles. The summed E-state index contributed by atoms with van der Waals surface area (Å²) in [6.45, 7) is 4.12. The minimum Gasteiger partial charge on any atom is -0.447 e. The molecule has 7 nitrogen and oxygen atoms in total. The third-order valence-corrected chi connectivity index (χ3v) is 5.74. The summed E-state index contributed by atoms with van der Waals surface area (Å²) in [6, 6.07) is 14.9. The summed E-state index contributed by atoms with van der Waals surface area (Å²) in [5, 5.41) is 0. The number of amides is 1. The van der Waals surface area contributed by atoms with E-state index in [2.05, 4.69) is 4.72 Å². The number of likely N-dealkylation sites (tertiary alicyclic amines) is 1. The van der Waals surface area contributed by atoms with Gasteiger partial charge in [0.1, 0.15) is 0 Å². The van der Waals surface area contributed by atoms with Crippen LogP contribution in [-0.4, -0.2) is 55.4 Å². The van der Waals surface area contributed by atoms with Crippen molar-refractivity contribution in [1.29, 1.82) is 0 Å². The minimum absolute atomic E-state index is 0.249. The SMILES string of the molecule is CC(C)OC(=O)N1CCC[C@H](NS(C)(=O)=O)[C@@H]1Cc1cccc(-c2ccccc2)n1. The lowest BCUT2D eigenvalue weighted by atomic mass is 9.93. The summed E-state index contributed by atoms with van der Waals surface area (Å²) in [5.41, 5.74) is 2.64. The number of ether oxygens (including phenoxy) is 1. The van der Waals surface area contributed by atoms with Gasteiger partial charge in [0, 0.05) is 30.3 Å². The molecule has 1 aliphatic rings. The van der Waals surface area contributed by atoms with Gasteiger partial charge < -0.3 is 9.64 Å². The molecule has 162 valence electrons. The Balaban J connectivity index is 1.89. The maximum Gasteiger partial charge on any atom is 0.410 e. The Morgan fingerprint density at radius 2 is 1.93 bits per heavy atom. The zero-order chi connectivity index (χ0) is 21.7. The van der Waals surface area contributed by atoms with E-state index < -0.39 is 22.2 Å². The second kappa shape index (κ2) is 9.57. The van der Waals surface area contributed by atoms with Crippen molar-refractivity contribution in [3.8, 4) is 11.3 Å². The number of sulfonamides is 1. The van der Waals surface area contributed by atoms with Crippen LogP contribution in [0.4, 0.5) is 4.79 Å². The Labute approximate surface area is 178 Å². The van der Waals surface area contributed by atoms with Crippen LogP contribution in [0.2, 0.25) is 0 Å². The molecule has 0 saturated carbocycles. The first-order valence-electron chi connectivity index (χ1n) is 10.2. The Hall–Kier alpha value is -2.45. The molecule has 1 N–H and O–H groups in total. The van der Waals surface area contributed by atoms with E-state index >= 15 is 0 Å². The molecule has 2 heterocycles. The zero-order valence-electron chi connectivity index (χ0n) is 17.6. The second-order valence-corrected chi connectivity index (χ2v) is 9.70. The van der Waals surface area contributed by atoms with Crippen molar-refractivity contribution < 1.29 is 17.9 Å². The molecule has 0 aliphatic carbocycles. The molecule has 0 unspecified atom stereocenters. The first kappa shape index (κ1) is 22.2. The predicted octanol–water partition coefficient (Wildman–Crippen LogP) is 3.22. The van der Waals surface area contributed by atoms with Crippen LogP contribution < -0.4 is 4.72 Å². The third kappa shape index (κ3) is 6.03. The van der Waals surface area contributed by atoms with Crippen molar-refractivity contribution >= 4 is 16.1 Å². The first-order valence-corrected chi connectivity index (χ1v) is 12.1. The molecule has 0 radical (unpaired) electrons.